The lowest BCUT2D eigenvalue weighted by atomic mass is 10.0. The molecule has 0 aliphatic heterocycles. The van der Waals surface area contributed by atoms with Crippen LogP contribution in [0.5, 0.6) is 0 Å². The highest BCUT2D eigenvalue weighted by Gasteiger charge is 2.30. The minimum Gasteiger partial charge on any atom is -0.462 e. The van der Waals surface area contributed by atoms with Crippen LogP contribution in [0.2, 0.25) is 0 Å². The molecule has 0 spiro atoms. The number of phosphoric ester groups is 2. The van der Waals surface area contributed by atoms with Crippen LogP contribution in [0.3, 0.4) is 0 Å². The molecule has 0 saturated heterocycles. The second-order valence-electron chi connectivity index (χ2n) is 31.5. The number of carbonyl (C=O) groups excluding carboxylic acids is 4. The molecule has 2 unspecified atom stereocenters. The normalized spacial score (nSPS) is 13.8. The summed E-state index contributed by atoms with van der Waals surface area (Å²) in [5.74, 6) is -0.587. The largest absolute Gasteiger partial charge is 0.472 e. The van der Waals surface area contributed by atoms with E-state index in [4.69, 9.17) is 37.0 Å². The molecule has 0 saturated carbocycles. The maximum Gasteiger partial charge on any atom is 0.472 e. The molecule has 0 aliphatic rings. The van der Waals surface area contributed by atoms with E-state index in [0.717, 1.165) is 102 Å². The van der Waals surface area contributed by atoms with Crippen LogP contribution in [-0.4, -0.2) is 96.7 Å². The molecule has 0 rings (SSSR count). The van der Waals surface area contributed by atoms with E-state index >= 15 is 0 Å². The number of rotatable bonds is 84. The van der Waals surface area contributed by atoms with E-state index in [2.05, 4.69) is 41.5 Å². The fourth-order valence-electron chi connectivity index (χ4n) is 13.2. The maximum absolute atomic E-state index is 13.1. The van der Waals surface area contributed by atoms with E-state index in [1.165, 1.54) is 263 Å². The number of esters is 4. The molecule has 5 atom stereocenters. The summed E-state index contributed by atoms with van der Waals surface area (Å²) in [7, 11) is -9.92. The molecule has 0 aromatic heterocycles. The van der Waals surface area contributed by atoms with Crippen molar-refractivity contribution in [2.75, 3.05) is 39.6 Å². The smallest absolute Gasteiger partial charge is 0.462 e. The van der Waals surface area contributed by atoms with Gasteiger partial charge in [0.05, 0.1) is 26.4 Å². The molecule has 0 aromatic carbocycles. The molecule has 19 heteroatoms. The average molecular weight is 1520 g/mol. The van der Waals surface area contributed by atoms with E-state index < -0.39 is 97.5 Å². The van der Waals surface area contributed by atoms with Gasteiger partial charge in [-0.1, -0.05) is 401 Å². The minimum absolute atomic E-state index is 0.107. The summed E-state index contributed by atoms with van der Waals surface area (Å²) < 4.78 is 68.8. The number of aliphatic hydroxyl groups is 1. The topological polar surface area (TPSA) is 237 Å². The van der Waals surface area contributed by atoms with Crippen LogP contribution >= 0.6 is 15.6 Å². The average Bonchev–Trinajstić information content (AvgIpc) is 0.906. The molecular weight excluding hydrogens is 1350 g/mol. The Morgan fingerprint density at radius 2 is 0.442 bits per heavy atom. The fourth-order valence-corrected chi connectivity index (χ4v) is 14.8. The Kier molecular flexibility index (Phi) is 75.0. The van der Waals surface area contributed by atoms with Crippen molar-refractivity contribution < 1.29 is 80.2 Å². The monoisotopic (exact) mass is 1520 g/mol. The quantitative estimate of drug-likeness (QED) is 0.0222. The van der Waals surface area contributed by atoms with Crippen molar-refractivity contribution in [3.05, 3.63) is 0 Å². The van der Waals surface area contributed by atoms with E-state index in [9.17, 15) is 43.2 Å². The molecule has 0 bridgehead atoms. The Hall–Kier alpha value is -1.94. The molecule has 0 heterocycles. The zero-order valence-corrected chi connectivity index (χ0v) is 70.1. The lowest BCUT2D eigenvalue weighted by Crippen LogP contribution is -2.30. The highest BCUT2D eigenvalue weighted by Crippen LogP contribution is 2.45. The zero-order valence-electron chi connectivity index (χ0n) is 68.3. The van der Waals surface area contributed by atoms with Gasteiger partial charge in [-0.15, -0.1) is 0 Å². The number of hydrogen-bond donors (Lipinski definition) is 3. The van der Waals surface area contributed by atoms with Crippen molar-refractivity contribution >= 4 is 39.5 Å². The van der Waals surface area contributed by atoms with Gasteiger partial charge in [0.15, 0.2) is 12.2 Å². The number of ether oxygens (including phenoxy) is 4. The Bertz CT molecular complexity index is 1990. The van der Waals surface area contributed by atoms with Crippen molar-refractivity contribution in [1.82, 2.24) is 0 Å². The van der Waals surface area contributed by atoms with Gasteiger partial charge in [0, 0.05) is 25.7 Å². The molecule has 0 amide bonds. The predicted molar refractivity (Wildman–Crippen MR) is 428 cm³/mol. The molecule has 0 radical (unpaired) electrons. The molecule has 3 N–H and O–H groups in total. The van der Waals surface area contributed by atoms with Crippen LogP contribution in [-0.2, 0) is 65.4 Å². The van der Waals surface area contributed by atoms with Crippen molar-refractivity contribution in [2.45, 2.75) is 471 Å². The number of phosphoric acid groups is 2. The SMILES string of the molecule is CCCCCCCCCCCCCCCCCCCCCCCC(=O)O[C@H](COC(=O)CCCCCCCCCCCCCCCCCCC(C)C)COP(=O)(O)OC[C@@H](O)COP(=O)(O)OC[C@@H](COC(=O)CCCCCCCCCC(C)C)OC(=O)CCCCCCCCCCCCCCCC. The van der Waals surface area contributed by atoms with Gasteiger partial charge < -0.3 is 33.8 Å². The van der Waals surface area contributed by atoms with E-state index in [-0.39, 0.29) is 25.7 Å². The van der Waals surface area contributed by atoms with Crippen LogP contribution in [0, 0.1) is 11.8 Å². The van der Waals surface area contributed by atoms with E-state index in [0.29, 0.717) is 31.6 Å². The Labute approximate surface area is 638 Å². The standard InChI is InChI=1S/C85H166O17P2/c1-7-9-11-13-15-17-19-21-23-24-25-26-27-28-33-37-41-45-51-58-64-70-84(89)101-80(73-95-82(87)67-61-55-49-43-39-36-32-30-29-31-34-38-42-47-53-59-65-77(3)4)75-99-103(91,92)97-71-79(86)72-98-104(93,94)100-76-81(74-96-83(88)68-62-56-52-46-48-54-60-66-78(5)6)102-85(90)69-63-57-50-44-40-35-22-20-18-16-14-12-10-8-2/h77-81,86H,7-76H2,1-6H3,(H,91,92)(H,93,94)/t79-,80-,81-/m1/s1. The second-order valence-corrected chi connectivity index (χ2v) is 34.4. The van der Waals surface area contributed by atoms with Crippen LogP contribution in [0.1, 0.15) is 452 Å². The number of carbonyl (C=O) groups is 4. The summed E-state index contributed by atoms with van der Waals surface area (Å²) >= 11 is 0. The molecule has 0 aromatic rings. The lowest BCUT2D eigenvalue weighted by Gasteiger charge is -2.21. The van der Waals surface area contributed by atoms with Gasteiger partial charge >= 0.3 is 39.5 Å². The number of unbranched alkanes of at least 4 members (excludes halogenated alkanes) is 54. The first-order chi connectivity index (χ1) is 50.4. The third-order valence-corrected chi connectivity index (χ3v) is 21.9. The van der Waals surface area contributed by atoms with Crippen molar-refractivity contribution in [3.63, 3.8) is 0 Å². The molecular formula is C85H166O17P2. The number of aliphatic hydroxyl groups excluding tert-OH is 1. The zero-order chi connectivity index (χ0) is 76.4. The van der Waals surface area contributed by atoms with Gasteiger partial charge in [-0.2, -0.15) is 0 Å². The fraction of sp³-hybridized carbons (Fsp3) is 0.953. The van der Waals surface area contributed by atoms with Crippen molar-refractivity contribution in [1.29, 1.82) is 0 Å². The van der Waals surface area contributed by atoms with Crippen LogP contribution < -0.4 is 0 Å². The second kappa shape index (κ2) is 76.4. The van der Waals surface area contributed by atoms with Crippen molar-refractivity contribution in [3.8, 4) is 0 Å². The van der Waals surface area contributed by atoms with Gasteiger partial charge in [0.25, 0.3) is 0 Å². The summed E-state index contributed by atoms with van der Waals surface area (Å²) in [6.45, 7) is 9.64. The third kappa shape index (κ3) is 78.2. The Morgan fingerprint density at radius 1 is 0.260 bits per heavy atom. The number of hydrogen-bond acceptors (Lipinski definition) is 15. The molecule has 0 aliphatic carbocycles. The maximum atomic E-state index is 13.1. The van der Waals surface area contributed by atoms with Crippen LogP contribution in [0.15, 0.2) is 0 Å². The summed E-state index contributed by atoms with van der Waals surface area (Å²) in [5.41, 5.74) is 0. The first kappa shape index (κ1) is 102. The highest BCUT2D eigenvalue weighted by atomic mass is 31.2. The summed E-state index contributed by atoms with van der Waals surface area (Å²) in [4.78, 5) is 73.1. The summed E-state index contributed by atoms with van der Waals surface area (Å²) in [5, 5.41) is 10.7. The van der Waals surface area contributed by atoms with Crippen molar-refractivity contribution in [2.24, 2.45) is 11.8 Å². The van der Waals surface area contributed by atoms with E-state index in [1.807, 2.05) is 0 Å². The first-order valence-corrected chi connectivity index (χ1v) is 47.0. The Morgan fingerprint density at radius 3 is 0.654 bits per heavy atom. The van der Waals surface area contributed by atoms with Gasteiger partial charge in [0.2, 0.25) is 0 Å². The van der Waals surface area contributed by atoms with Gasteiger partial charge in [-0.3, -0.25) is 37.3 Å². The highest BCUT2D eigenvalue weighted by molar-refractivity contribution is 7.47. The van der Waals surface area contributed by atoms with Gasteiger partial charge in [0.1, 0.15) is 19.3 Å². The first-order valence-electron chi connectivity index (χ1n) is 44.0. The molecule has 618 valence electrons. The van der Waals surface area contributed by atoms with Gasteiger partial charge in [-0.25, -0.2) is 9.13 Å². The minimum atomic E-state index is -4.97. The molecule has 17 nitrogen and oxygen atoms in total. The lowest BCUT2D eigenvalue weighted by molar-refractivity contribution is -0.161. The Balaban J connectivity index is 5.22. The predicted octanol–water partition coefficient (Wildman–Crippen LogP) is 25.8. The van der Waals surface area contributed by atoms with Crippen LogP contribution in [0.4, 0.5) is 0 Å². The van der Waals surface area contributed by atoms with Gasteiger partial charge in [-0.05, 0) is 37.5 Å². The molecule has 104 heavy (non-hydrogen) atoms. The third-order valence-electron chi connectivity index (χ3n) is 20.0. The molecule has 0 fully saturated rings. The summed E-state index contributed by atoms with van der Waals surface area (Å²) in [6.07, 6.45) is 68.2. The van der Waals surface area contributed by atoms with E-state index in [1.54, 1.807) is 0 Å². The van der Waals surface area contributed by atoms with Crippen LogP contribution in [0.25, 0.3) is 0 Å². The summed E-state index contributed by atoms with van der Waals surface area (Å²) in [6, 6.07) is 0.